The quantitative estimate of drug-likeness (QED) is 0.151. The molecule has 0 bridgehead atoms. The molecule has 1 unspecified atom stereocenters. The van der Waals surface area contributed by atoms with Crippen LogP contribution in [0.3, 0.4) is 0 Å². The number of hydrogen-bond donors (Lipinski definition) is 2. The number of nitrogens with one attached hydrogen (secondary N) is 1. The number of rotatable bonds is 14. The average molecular weight is 528 g/mol. The first-order chi connectivity index (χ1) is 16.5. The molecule has 0 aromatic heterocycles. The minimum Gasteiger partial charge on any atom is -0.326 e. The molecule has 2 aromatic rings. The molecule has 0 spiro atoms. The van der Waals surface area contributed by atoms with Gasteiger partial charge >= 0.3 is 8.25 Å². The average Bonchev–Trinajstić information content (AvgIpc) is 2.83. The molecule has 1 atom stereocenters. The van der Waals surface area contributed by atoms with Gasteiger partial charge < -0.3 is 14.7 Å². The maximum absolute atomic E-state index is 14.6. The van der Waals surface area contributed by atoms with E-state index in [0.29, 0.717) is 19.5 Å². The Balaban J connectivity index is 1.41. The lowest BCUT2D eigenvalue weighted by atomic mass is 9.66. The molecule has 188 valence electrons. The predicted octanol–water partition coefficient (Wildman–Crippen LogP) is 7.52. The summed E-state index contributed by atoms with van der Waals surface area (Å²) in [6.45, 7) is 1.67. The molecule has 0 radical (unpaired) electrons. The van der Waals surface area contributed by atoms with Crippen molar-refractivity contribution in [3.8, 4) is 0 Å². The van der Waals surface area contributed by atoms with Crippen molar-refractivity contribution < 1.29 is 18.4 Å². The first kappa shape index (κ1) is 27.7. The Kier molecular flexibility index (Phi) is 11.9. The molecule has 8 heteroatoms. The molecule has 2 N–H and O–H groups in total. The van der Waals surface area contributed by atoms with Crippen molar-refractivity contribution in [1.82, 2.24) is 5.32 Å². The van der Waals surface area contributed by atoms with Crippen molar-refractivity contribution >= 4 is 31.6 Å². The number of hydrogen-bond acceptors (Lipinski definition) is 4. The summed E-state index contributed by atoms with van der Waals surface area (Å²) in [4.78, 5) is 9.73. The van der Waals surface area contributed by atoms with Crippen molar-refractivity contribution in [3.05, 3.63) is 64.4 Å². The summed E-state index contributed by atoms with van der Waals surface area (Å²) in [5.74, 6) is 0.953. The van der Waals surface area contributed by atoms with Gasteiger partial charge in [-0.15, -0.1) is 11.8 Å². The van der Waals surface area contributed by atoms with Gasteiger partial charge in [0, 0.05) is 11.4 Å². The lowest BCUT2D eigenvalue weighted by Gasteiger charge is -2.38. The van der Waals surface area contributed by atoms with Crippen LogP contribution in [0.15, 0.2) is 47.4 Å². The van der Waals surface area contributed by atoms with E-state index in [9.17, 15) is 8.96 Å². The molecule has 1 aliphatic carbocycles. The summed E-state index contributed by atoms with van der Waals surface area (Å²) in [5.41, 5.74) is 2.03. The van der Waals surface area contributed by atoms with Crippen LogP contribution in [-0.2, 0) is 21.0 Å². The highest BCUT2D eigenvalue weighted by atomic mass is 35.5. The van der Waals surface area contributed by atoms with Gasteiger partial charge in [-0.25, -0.2) is 4.39 Å². The molecule has 3 rings (SSSR count). The minimum absolute atomic E-state index is 0.00286. The zero-order valence-corrected chi connectivity index (χ0v) is 22.2. The molecule has 1 aliphatic rings. The van der Waals surface area contributed by atoms with Gasteiger partial charge in [-0.2, -0.15) is 0 Å². The van der Waals surface area contributed by atoms with E-state index in [0.717, 1.165) is 58.9 Å². The van der Waals surface area contributed by atoms with Crippen LogP contribution in [0.1, 0.15) is 68.9 Å². The van der Waals surface area contributed by atoms with E-state index in [2.05, 4.69) is 22.0 Å². The van der Waals surface area contributed by atoms with Crippen LogP contribution in [0, 0.1) is 5.82 Å². The van der Waals surface area contributed by atoms with Gasteiger partial charge in [0.1, 0.15) is 5.82 Å². The van der Waals surface area contributed by atoms with Gasteiger partial charge in [0.2, 0.25) is 0 Å². The molecule has 4 nitrogen and oxygen atoms in total. The number of halogens is 2. The lowest BCUT2D eigenvalue weighted by Crippen LogP contribution is -2.30. The molecule has 1 fully saturated rings. The Morgan fingerprint density at radius 1 is 1.12 bits per heavy atom. The topological polar surface area (TPSA) is 58.6 Å². The number of thioether (sulfide) groups is 1. The molecular weight excluding hydrogens is 492 g/mol. The molecule has 2 aromatic carbocycles. The summed E-state index contributed by atoms with van der Waals surface area (Å²) >= 11 is 8.30. The van der Waals surface area contributed by atoms with Crippen LogP contribution in [0.4, 0.5) is 4.39 Å². The third-order valence-corrected chi connectivity index (χ3v) is 8.65. The van der Waals surface area contributed by atoms with Crippen molar-refractivity contribution in [2.45, 2.75) is 74.6 Å². The van der Waals surface area contributed by atoms with E-state index in [1.807, 2.05) is 18.2 Å². The van der Waals surface area contributed by atoms with Crippen LogP contribution in [0.2, 0.25) is 5.02 Å². The van der Waals surface area contributed by atoms with Crippen LogP contribution in [0.5, 0.6) is 0 Å². The molecule has 1 saturated carbocycles. The Hall–Kier alpha value is -0.880. The van der Waals surface area contributed by atoms with E-state index in [1.165, 1.54) is 19.3 Å². The zero-order valence-electron chi connectivity index (χ0n) is 19.7. The lowest BCUT2D eigenvalue weighted by molar-refractivity contribution is 0.260. The summed E-state index contributed by atoms with van der Waals surface area (Å²) in [7, 11) is -2.83. The fourth-order valence-corrected chi connectivity index (χ4v) is 6.50. The highest BCUT2D eigenvalue weighted by Gasteiger charge is 2.35. The number of benzene rings is 2. The maximum Gasteiger partial charge on any atom is 0.316 e. The van der Waals surface area contributed by atoms with Gasteiger partial charge in [-0.3, -0.25) is 4.57 Å². The van der Waals surface area contributed by atoms with Gasteiger partial charge in [0.05, 0.1) is 11.6 Å². The second kappa shape index (κ2) is 14.6. The van der Waals surface area contributed by atoms with Crippen LogP contribution in [0.25, 0.3) is 0 Å². The predicted molar refractivity (Wildman–Crippen MR) is 141 cm³/mol. The fourth-order valence-electron chi connectivity index (χ4n) is 4.88. The minimum atomic E-state index is -2.83. The second-order valence-electron chi connectivity index (χ2n) is 9.04. The molecule has 0 saturated heterocycles. The van der Waals surface area contributed by atoms with E-state index < -0.39 is 8.25 Å². The van der Waals surface area contributed by atoms with E-state index >= 15 is 0 Å². The van der Waals surface area contributed by atoms with E-state index in [1.54, 1.807) is 23.9 Å². The summed E-state index contributed by atoms with van der Waals surface area (Å²) < 4.78 is 29.8. The van der Waals surface area contributed by atoms with Gasteiger partial charge in [-0.1, -0.05) is 61.5 Å². The normalized spacial score (nSPS) is 16.4. The van der Waals surface area contributed by atoms with E-state index in [-0.39, 0.29) is 17.8 Å². The van der Waals surface area contributed by atoms with Crippen molar-refractivity contribution in [2.24, 2.45) is 0 Å². The maximum atomic E-state index is 14.6. The number of unbranched alkanes of at least 4 members (excludes halogenated alkanes) is 1. The second-order valence-corrected chi connectivity index (χ2v) is 11.4. The van der Waals surface area contributed by atoms with Gasteiger partial charge in [0.25, 0.3) is 0 Å². The first-order valence-corrected chi connectivity index (χ1v) is 14.9. The Morgan fingerprint density at radius 2 is 1.91 bits per heavy atom. The molecule has 34 heavy (non-hydrogen) atoms. The van der Waals surface area contributed by atoms with Crippen molar-refractivity contribution in [3.63, 3.8) is 0 Å². The first-order valence-electron chi connectivity index (χ1n) is 12.2. The summed E-state index contributed by atoms with van der Waals surface area (Å²) in [6.07, 6.45) is 9.74. The highest BCUT2D eigenvalue weighted by Crippen LogP contribution is 2.44. The van der Waals surface area contributed by atoms with Crippen LogP contribution in [-0.4, -0.2) is 23.8 Å². The SMILES string of the molecule is O=[PH](O)OCCCNCc1ccc(SCCCCC2(c3ccccc3F)CCCCC2)c(Cl)c1. The molecular formula is C26H36ClFNO3PS. The van der Waals surface area contributed by atoms with Crippen molar-refractivity contribution in [2.75, 3.05) is 18.9 Å². The summed E-state index contributed by atoms with van der Waals surface area (Å²) in [5, 5.41) is 4.05. The third-order valence-electron chi connectivity index (χ3n) is 6.61. The van der Waals surface area contributed by atoms with Crippen LogP contribution < -0.4 is 5.32 Å². The fraction of sp³-hybridized carbons (Fsp3) is 0.538. The van der Waals surface area contributed by atoms with Crippen LogP contribution >= 0.6 is 31.6 Å². The van der Waals surface area contributed by atoms with E-state index in [4.69, 9.17) is 16.5 Å². The van der Waals surface area contributed by atoms with Crippen molar-refractivity contribution in [1.29, 1.82) is 0 Å². The largest absolute Gasteiger partial charge is 0.326 e. The monoisotopic (exact) mass is 527 g/mol. The molecule has 0 amide bonds. The zero-order chi connectivity index (χ0) is 24.2. The Labute approximate surface area is 213 Å². The third kappa shape index (κ3) is 8.65. The standard InChI is InChI=1S/C26H36ClFNO3PS/c27-23-19-21(20-29-16-8-17-32-33(30)31)11-12-25(23)34-18-7-6-15-26(13-4-1-5-14-26)22-9-2-3-10-24(22)28/h2-3,9-12,19,29,33H,1,4-8,13-18,20H2,(H,30,31). The molecule has 0 heterocycles. The summed E-state index contributed by atoms with van der Waals surface area (Å²) in [6, 6.07) is 13.5. The van der Waals surface area contributed by atoms with Gasteiger partial charge in [0.15, 0.2) is 0 Å². The Bertz CT molecular complexity index is 927. The Morgan fingerprint density at radius 3 is 2.65 bits per heavy atom. The molecule has 0 aliphatic heterocycles. The highest BCUT2D eigenvalue weighted by molar-refractivity contribution is 7.99. The smallest absolute Gasteiger partial charge is 0.316 e. The van der Waals surface area contributed by atoms with Gasteiger partial charge in [-0.05, 0) is 79.1 Å².